The van der Waals surface area contributed by atoms with Crippen LogP contribution < -0.4 is 10.0 Å². The monoisotopic (exact) mass is 401 g/mol. The molecule has 0 bridgehead atoms. The molecule has 3 aromatic rings. The topological polar surface area (TPSA) is 56.9 Å². The summed E-state index contributed by atoms with van der Waals surface area (Å²) in [4.78, 5) is 15.9. The zero-order valence-corrected chi connectivity index (χ0v) is 17.1. The molecule has 1 aromatic heterocycles. The van der Waals surface area contributed by atoms with Gasteiger partial charge in [0.2, 0.25) is 0 Å². The molecule has 0 saturated heterocycles. The molecular formula is C21H24ClN3OS. The van der Waals surface area contributed by atoms with E-state index >= 15 is 0 Å². The zero-order valence-electron chi connectivity index (χ0n) is 15.6. The maximum atomic E-state index is 12.6. The van der Waals surface area contributed by atoms with Gasteiger partial charge in [0.1, 0.15) is 5.69 Å². The quantitative estimate of drug-likeness (QED) is 0.324. The van der Waals surface area contributed by atoms with Gasteiger partial charge in [-0.15, -0.1) is 0 Å². The van der Waals surface area contributed by atoms with Gasteiger partial charge < -0.3 is 15.0 Å². The van der Waals surface area contributed by atoms with Crippen LogP contribution >= 0.6 is 23.5 Å². The summed E-state index contributed by atoms with van der Waals surface area (Å²) in [6, 6.07) is 13.6. The van der Waals surface area contributed by atoms with Crippen molar-refractivity contribution >= 4 is 46.0 Å². The van der Waals surface area contributed by atoms with E-state index in [2.05, 4.69) is 28.0 Å². The van der Waals surface area contributed by atoms with E-state index in [1.165, 1.54) is 12.8 Å². The smallest absolute Gasteiger partial charge is 0.268 e. The van der Waals surface area contributed by atoms with Crippen LogP contribution in [0, 0.1) is 6.92 Å². The van der Waals surface area contributed by atoms with Gasteiger partial charge in [-0.3, -0.25) is 4.79 Å². The van der Waals surface area contributed by atoms with Gasteiger partial charge in [0.25, 0.3) is 5.91 Å². The van der Waals surface area contributed by atoms with E-state index in [-0.39, 0.29) is 5.91 Å². The summed E-state index contributed by atoms with van der Waals surface area (Å²) in [6.07, 6.45) is 2.39. The van der Waals surface area contributed by atoms with Crippen LogP contribution in [0.25, 0.3) is 10.9 Å². The minimum Gasteiger partial charge on any atom is -0.350 e. The number of nitrogens with one attached hydrogen (secondary N) is 3. The molecule has 0 aliphatic carbocycles. The third kappa shape index (κ3) is 4.99. The minimum atomic E-state index is -0.106. The Morgan fingerprint density at radius 3 is 2.70 bits per heavy atom. The highest BCUT2D eigenvalue weighted by Crippen LogP contribution is 2.26. The molecule has 0 unspecified atom stereocenters. The predicted molar refractivity (Wildman–Crippen MR) is 117 cm³/mol. The fourth-order valence-electron chi connectivity index (χ4n) is 2.84. The lowest BCUT2D eigenvalue weighted by Crippen LogP contribution is -2.23. The summed E-state index contributed by atoms with van der Waals surface area (Å²) in [6.45, 7) is 4.63. The van der Waals surface area contributed by atoms with Crippen molar-refractivity contribution in [2.45, 2.75) is 33.2 Å². The Hall–Kier alpha value is -2.11. The number of carbonyl (C=O) groups is 1. The van der Waals surface area contributed by atoms with Crippen molar-refractivity contribution in [1.82, 2.24) is 10.3 Å². The number of H-pyrrole nitrogens is 1. The Balaban J connectivity index is 1.69. The van der Waals surface area contributed by atoms with Crippen molar-refractivity contribution in [2.75, 3.05) is 10.5 Å². The van der Waals surface area contributed by atoms with Crippen LogP contribution in [0.3, 0.4) is 0 Å². The molecule has 142 valence electrons. The summed E-state index contributed by atoms with van der Waals surface area (Å²) in [5.41, 5.74) is 4.60. The Morgan fingerprint density at radius 1 is 1.19 bits per heavy atom. The van der Waals surface area contributed by atoms with Crippen LogP contribution in [0.1, 0.15) is 41.4 Å². The highest BCUT2D eigenvalue weighted by Gasteiger charge is 2.15. The molecule has 1 heterocycles. The molecule has 1 amide bonds. The van der Waals surface area contributed by atoms with Crippen LogP contribution in [-0.4, -0.2) is 16.6 Å². The number of carbonyl (C=O) groups excluding carboxylic acids is 1. The van der Waals surface area contributed by atoms with Crippen LogP contribution in [0.5, 0.6) is 0 Å². The van der Waals surface area contributed by atoms with Crippen LogP contribution in [0.15, 0.2) is 42.5 Å². The first-order chi connectivity index (χ1) is 13.1. The number of benzene rings is 2. The number of fused-ring (bicyclic) bond motifs is 1. The second-order valence-corrected chi connectivity index (χ2v) is 7.84. The van der Waals surface area contributed by atoms with E-state index in [4.69, 9.17) is 11.6 Å². The van der Waals surface area contributed by atoms with E-state index in [1.807, 2.05) is 43.3 Å². The number of hydrogen-bond donors (Lipinski definition) is 3. The lowest BCUT2D eigenvalue weighted by atomic mass is 10.1. The number of aromatic nitrogens is 1. The van der Waals surface area contributed by atoms with Crippen molar-refractivity contribution < 1.29 is 4.79 Å². The first-order valence-corrected chi connectivity index (χ1v) is 10.5. The van der Waals surface area contributed by atoms with E-state index in [1.54, 1.807) is 11.9 Å². The molecule has 0 spiro atoms. The first kappa shape index (κ1) is 19.6. The molecule has 0 aliphatic rings. The maximum absolute atomic E-state index is 12.6. The average Bonchev–Trinajstić information content (AvgIpc) is 3.01. The largest absolute Gasteiger partial charge is 0.350 e. The van der Waals surface area contributed by atoms with Gasteiger partial charge in [-0.05, 0) is 54.8 Å². The fourth-order valence-corrected chi connectivity index (χ4v) is 3.80. The van der Waals surface area contributed by atoms with Crippen molar-refractivity contribution in [3.8, 4) is 0 Å². The second-order valence-electron chi connectivity index (χ2n) is 6.50. The van der Waals surface area contributed by atoms with Gasteiger partial charge in [0.05, 0.1) is 0 Å². The number of aryl methyl sites for hydroxylation is 1. The van der Waals surface area contributed by atoms with Gasteiger partial charge in [0, 0.05) is 33.9 Å². The molecule has 4 nitrogen and oxygen atoms in total. The van der Waals surface area contributed by atoms with Gasteiger partial charge >= 0.3 is 0 Å². The van der Waals surface area contributed by atoms with Gasteiger partial charge in [-0.2, -0.15) is 0 Å². The molecule has 0 saturated carbocycles. The van der Waals surface area contributed by atoms with E-state index in [0.717, 1.165) is 33.5 Å². The number of rotatable bonds is 8. The molecule has 0 atom stereocenters. The molecule has 0 radical (unpaired) electrons. The summed E-state index contributed by atoms with van der Waals surface area (Å²) >= 11 is 7.61. The lowest BCUT2D eigenvalue weighted by Gasteiger charge is -2.05. The second kappa shape index (κ2) is 9.20. The molecule has 3 rings (SSSR count). The molecule has 27 heavy (non-hydrogen) atoms. The fraction of sp³-hybridized carbons (Fsp3) is 0.286. The normalized spacial score (nSPS) is 10.9. The van der Waals surface area contributed by atoms with E-state index < -0.39 is 0 Å². The predicted octanol–water partition coefficient (Wildman–Crippen LogP) is 5.92. The Bertz CT molecular complexity index is 921. The Morgan fingerprint density at radius 2 is 1.96 bits per heavy atom. The average molecular weight is 402 g/mol. The lowest BCUT2D eigenvalue weighted by molar-refractivity contribution is 0.0946. The van der Waals surface area contributed by atoms with Crippen molar-refractivity contribution in [2.24, 2.45) is 0 Å². The van der Waals surface area contributed by atoms with Gasteiger partial charge in [-0.1, -0.05) is 49.0 Å². The third-order valence-corrected chi connectivity index (χ3v) is 5.57. The van der Waals surface area contributed by atoms with Gasteiger partial charge in [-0.25, -0.2) is 0 Å². The van der Waals surface area contributed by atoms with Crippen molar-refractivity contribution in [3.63, 3.8) is 0 Å². The molecule has 3 N–H and O–H groups in total. The molecule has 0 aliphatic heterocycles. The van der Waals surface area contributed by atoms with Crippen LogP contribution in [-0.2, 0) is 6.54 Å². The van der Waals surface area contributed by atoms with E-state index in [0.29, 0.717) is 17.3 Å². The summed E-state index contributed by atoms with van der Waals surface area (Å²) in [7, 11) is 0. The number of anilines is 1. The summed E-state index contributed by atoms with van der Waals surface area (Å²) in [5, 5.41) is 4.72. The molecule has 2 aromatic carbocycles. The highest BCUT2D eigenvalue weighted by atomic mass is 35.5. The summed E-state index contributed by atoms with van der Waals surface area (Å²) < 4.78 is 3.38. The Kier molecular flexibility index (Phi) is 6.69. The SMILES string of the molecule is CCCCSNc1ccc2[nH]c(C(=O)NCc3ccc(Cl)cc3)c(C)c2c1. The number of unbranched alkanes of at least 4 members (excludes halogenated alkanes) is 1. The van der Waals surface area contributed by atoms with Gasteiger partial charge in [0.15, 0.2) is 0 Å². The van der Waals surface area contributed by atoms with Crippen molar-refractivity contribution in [1.29, 1.82) is 0 Å². The standard InChI is InChI=1S/C21H24ClN3OS/c1-3-4-11-27-25-17-9-10-19-18(12-17)14(2)20(24-19)21(26)23-13-15-5-7-16(22)8-6-15/h5-10,12,24-25H,3-4,11,13H2,1-2H3,(H,23,26). The molecule has 6 heteroatoms. The van der Waals surface area contributed by atoms with Crippen LogP contribution in [0.2, 0.25) is 5.02 Å². The third-order valence-electron chi connectivity index (χ3n) is 4.44. The molecule has 0 fully saturated rings. The first-order valence-electron chi connectivity index (χ1n) is 9.11. The van der Waals surface area contributed by atoms with Crippen LogP contribution in [0.4, 0.5) is 5.69 Å². The Labute approximate surface area is 169 Å². The number of hydrogen-bond acceptors (Lipinski definition) is 3. The minimum absolute atomic E-state index is 0.106. The zero-order chi connectivity index (χ0) is 19.2. The highest BCUT2D eigenvalue weighted by molar-refractivity contribution is 8.00. The maximum Gasteiger partial charge on any atom is 0.268 e. The number of aromatic amines is 1. The number of halogens is 1. The molecular weight excluding hydrogens is 378 g/mol. The van der Waals surface area contributed by atoms with Crippen molar-refractivity contribution in [3.05, 3.63) is 64.3 Å². The summed E-state index contributed by atoms with van der Waals surface area (Å²) in [5.74, 6) is 0.976. The number of amides is 1. The van der Waals surface area contributed by atoms with E-state index in [9.17, 15) is 4.79 Å².